The van der Waals surface area contributed by atoms with Gasteiger partial charge in [-0.25, -0.2) is 4.39 Å². The molecule has 4 heteroatoms. The minimum atomic E-state index is -0.461. The zero-order chi connectivity index (χ0) is 8.97. The van der Waals surface area contributed by atoms with Gasteiger partial charge < -0.3 is 15.0 Å². The van der Waals surface area contributed by atoms with E-state index in [9.17, 15) is 4.39 Å². The molecule has 0 saturated carbocycles. The molecular formula is C8H13FN2O. The zero-order valence-electron chi connectivity index (χ0n) is 7.14. The summed E-state index contributed by atoms with van der Waals surface area (Å²) in [6, 6.07) is 0. The van der Waals surface area contributed by atoms with E-state index in [2.05, 4.69) is 0 Å². The molecule has 1 aliphatic heterocycles. The fraction of sp³-hybridized carbons (Fsp3) is 0.625. The number of nitrogens with zero attached hydrogens (tertiary/aromatic N) is 1. The number of hydrogen-bond acceptors (Lipinski definition) is 3. The van der Waals surface area contributed by atoms with E-state index in [4.69, 9.17) is 10.1 Å². The lowest BCUT2D eigenvalue weighted by atomic mass is 10.3. The van der Waals surface area contributed by atoms with Crippen molar-refractivity contribution in [1.82, 2.24) is 4.90 Å². The topological polar surface area (TPSA) is 36.3 Å². The van der Waals surface area contributed by atoms with Gasteiger partial charge in [0.25, 0.3) is 0 Å². The Morgan fingerprint density at radius 3 is 2.58 bits per heavy atom. The Labute approximate surface area is 71.3 Å². The second-order valence-corrected chi connectivity index (χ2v) is 2.68. The first-order valence-corrected chi connectivity index (χ1v) is 3.95. The van der Waals surface area contributed by atoms with Crippen LogP contribution in [0.25, 0.3) is 0 Å². The van der Waals surface area contributed by atoms with Crippen LogP contribution in [-0.2, 0) is 4.74 Å². The smallest absolute Gasteiger partial charge is 0.159 e. The molecule has 0 atom stereocenters. The lowest BCUT2D eigenvalue weighted by Gasteiger charge is -2.29. The van der Waals surface area contributed by atoms with Crippen LogP contribution in [0.2, 0.25) is 0 Å². The predicted octanol–water partition coefficient (Wildman–Crippen LogP) is 1.17. The summed E-state index contributed by atoms with van der Waals surface area (Å²) in [5, 5.41) is 6.74. The molecule has 1 saturated heterocycles. The molecular weight excluding hydrogens is 159 g/mol. The Balaban J connectivity index is 2.61. The van der Waals surface area contributed by atoms with E-state index in [1.54, 1.807) is 6.92 Å². The SMILES string of the molecule is C/C(=C(/F)C=N)N1CCOCC1. The maximum Gasteiger partial charge on any atom is 0.159 e. The van der Waals surface area contributed by atoms with Crippen LogP contribution in [0.4, 0.5) is 4.39 Å². The van der Waals surface area contributed by atoms with Gasteiger partial charge in [-0.15, -0.1) is 0 Å². The Kier molecular flexibility index (Phi) is 3.22. The number of nitrogens with one attached hydrogen (secondary N) is 1. The first-order chi connectivity index (χ1) is 5.75. The van der Waals surface area contributed by atoms with Gasteiger partial charge in [0.1, 0.15) is 0 Å². The number of morpholine rings is 1. The number of rotatable bonds is 2. The van der Waals surface area contributed by atoms with Gasteiger partial charge in [0.15, 0.2) is 5.83 Å². The summed E-state index contributed by atoms with van der Waals surface area (Å²) in [5.41, 5.74) is 0.535. The molecule has 0 aromatic carbocycles. The van der Waals surface area contributed by atoms with Crippen molar-refractivity contribution in [2.45, 2.75) is 6.92 Å². The lowest BCUT2D eigenvalue weighted by Crippen LogP contribution is -2.35. The van der Waals surface area contributed by atoms with Crippen LogP contribution in [-0.4, -0.2) is 37.4 Å². The van der Waals surface area contributed by atoms with Crippen molar-refractivity contribution in [2.75, 3.05) is 26.3 Å². The molecule has 1 heterocycles. The second-order valence-electron chi connectivity index (χ2n) is 2.68. The van der Waals surface area contributed by atoms with Crippen molar-refractivity contribution in [3.05, 3.63) is 11.5 Å². The largest absolute Gasteiger partial charge is 0.378 e. The third kappa shape index (κ3) is 2.04. The molecule has 0 radical (unpaired) electrons. The third-order valence-corrected chi connectivity index (χ3v) is 1.96. The van der Waals surface area contributed by atoms with Crippen LogP contribution in [0.3, 0.4) is 0 Å². The Bertz CT molecular complexity index is 197. The van der Waals surface area contributed by atoms with Gasteiger partial charge >= 0.3 is 0 Å². The number of ether oxygens (including phenoxy) is 1. The highest BCUT2D eigenvalue weighted by Crippen LogP contribution is 2.11. The first-order valence-electron chi connectivity index (χ1n) is 3.95. The van der Waals surface area contributed by atoms with Gasteiger partial charge in [-0.1, -0.05) is 0 Å². The minimum absolute atomic E-state index is 0.461. The van der Waals surface area contributed by atoms with E-state index in [0.717, 1.165) is 6.21 Å². The van der Waals surface area contributed by atoms with Crippen LogP contribution < -0.4 is 0 Å². The number of allylic oxidation sites excluding steroid dienone is 2. The van der Waals surface area contributed by atoms with Gasteiger partial charge in [-0.3, -0.25) is 0 Å². The molecule has 68 valence electrons. The van der Waals surface area contributed by atoms with E-state index in [-0.39, 0.29) is 0 Å². The molecule has 0 amide bonds. The van der Waals surface area contributed by atoms with Crippen molar-refractivity contribution < 1.29 is 9.13 Å². The van der Waals surface area contributed by atoms with Crippen LogP contribution in [0.5, 0.6) is 0 Å². The fourth-order valence-corrected chi connectivity index (χ4v) is 1.15. The molecule has 12 heavy (non-hydrogen) atoms. The Hall–Kier alpha value is -0.900. The third-order valence-electron chi connectivity index (χ3n) is 1.96. The van der Waals surface area contributed by atoms with E-state index in [0.29, 0.717) is 32.0 Å². The molecule has 0 aromatic rings. The molecule has 1 rings (SSSR count). The summed E-state index contributed by atoms with van der Waals surface area (Å²) in [6.07, 6.45) is 0.741. The summed E-state index contributed by atoms with van der Waals surface area (Å²) >= 11 is 0. The van der Waals surface area contributed by atoms with Crippen LogP contribution in [0.15, 0.2) is 11.5 Å². The molecule has 1 fully saturated rings. The van der Waals surface area contributed by atoms with Crippen molar-refractivity contribution in [3.63, 3.8) is 0 Å². The summed E-state index contributed by atoms with van der Waals surface area (Å²) in [6.45, 7) is 4.40. The quantitative estimate of drug-likeness (QED) is 0.635. The van der Waals surface area contributed by atoms with E-state index in [1.807, 2.05) is 4.90 Å². The normalized spacial score (nSPS) is 20.3. The maximum absolute atomic E-state index is 12.9. The average Bonchev–Trinajstić information content (AvgIpc) is 2.17. The molecule has 1 N–H and O–H groups in total. The number of hydrogen-bond donors (Lipinski definition) is 1. The van der Waals surface area contributed by atoms with Crippen molar-refractivity contribution in [3.8, 4) is 0 Å². The number of halogens is 1. The van der Waals surface area contributed by atoms with Crippen molar-refractivity contribution >= 4 is 6.21 Å². The molecule has 0 bridgehead atoms. The van der Waals surface area contributed by atoms with Gasteiger partial charge in [-0.2, -0.15) is 0 Å². The summed E-state index contributed by atoms with van der Waals surface area (Å²) < 4.78 is 18.0. The predicted molar refractivity (Wildman–Crippen MR) is 45.0 cm³/mol. The summed E-state index contributed by atoms with van der Waals surface area (Å²) in [7, 11) is 0. The zero-order valence-corrected chi connectivity index (χ0v) is 7.14. The average molecular weight is 172 g/mol. The summed E-state index contributed by atoms with van der Waals surface area (Å²) in [5.74, 6) is -0.461. The second kappa shape index (κ2) is 4.21. The van der Waals surface area contributed by atoms with Crippen molar-refractivity contribution in [2.24, 2.45) is 0 Å². The Morgan fingerprint density at radius 2 is 2.08 bits per heavy atom. The standard InChI is InChI=1S/C8H13FN2O/c1-7(8(9)6-10)11-2-4-12-5-3-11/h6,10H,2-5H2,1H3/b8-7-,10-6?. The van der Waals surface area contributed by atoms with Crippen LogP contribution in [0.1, 0.15) is 6.92 Å². The minimum Gasteiger partial charge on any atom is -0.378 e. The van der Waals surface area contributed by atoms with E-state index >= 15 is 0 Å². The van der Waals surface area contributed by atoms with Gasteiger partial charge in [0, 0.05) is 18.8 Å². The highest BCUT2D eigenvalue weighted by Gasteiger charge is 2.12. The fourth-order valence-electron chi connectivity index (χ4n) is 1.15. The van der Waals surface area contributed by atoms with Crippen molar-refractivity contribution in [1.29, 1.82) is 5.41 Å². The molecule has 0 spiro atoms. The molecule has 0 unspecified atom stereocenters. The Morgan fingerprint density at radius 1 is 1.50 bits per heavy atom. The first kappa shape index (κ1) is 9.19. The van der Waals surface area contributed by atoms with E-state index < -0.39 is 5.83 Å². The molecule has 1 aliphatic rings. The monoisotopic (exact) mass is 172 g/mol. The van der Waals surface area contributed by atoms with Gasteiger partial charge in [0.2, 0.25) is 0 Å². The lowest BCUT2D eigenvalue weighted by molar-refractivity contribution is 0.0528. The van der Waals surface area contributed by atoms with Gasteiger partial charge in [0.05, 0.1) is 19.4 Å². The van der Waals surface area contributed by atoms with Crippen LogP contribution >= 0.6 is 0 Å². The molecule has 0 aliphatic carbocycles. The maximum atomic E-state index is 12.9. The van der Waals surface area contributed by atoms with Crippen LogP contribution in [0, 0.1) is 5.41 Å². The highest BCUT2D eigenvalue weighted by atomic mass is 19.1. The molecule has 3 nitrogen and oxygen atoms in total. The van der Waals surface area contributed by atoms with Gasteiger partial charge in [-0.05, 0) is 6.92 Å². The highest BCUT2D eigenvalue weighted by molar-refractivity contribution is 5.73. The molecule has 0 aromatic heterocycles. The summed E-state index contributed by atoms with van der Waals surface area (Å²) in [4.78, 5) is 1.89. The van der Waals surface area contributed by atoms with E-state index in [1.165, 1.54) is 0 Å².